The molecule has 0 spiro atoms. The third-order valence-electron chi connectivity index (χ3n) is 5.10. The Morgan fingerprint density at radius 3 is 2.50 bits per heavy atom. The standard InChI is InChI=1S/C25H21BrN2O2/c1-27(2)20-10-6-8-18(14-20)24(29)22-16-28(15-17-7-5-9-19(26)13-17)23-12-4-3-11-21(23)25(22)30/h3-14,16H,15H2,1-2H3. The molecular weight excluding hydrogens is 440 g/mol. The molecule has 5 heteroatoms. The second-order valence-electron chi connectivity index (χ2n) is 7.42. The first-order valence-corrected chi connectivity index (χ1v) is 10.4. The fourth-order valence-electron chi connectivity index (χ4n) is 3.55. The zero-order chi connectivity index (χ0) is 21.3. The lowest BCUT2D eigenvalue weighted by Crippen LogP contribution is -2.20. The van der Waals surface area contributed by atoms with Crippen molar-refractivity contribution in [2.45, 2.75) is 6.54 Å². The number of pyridine rings is 1. The molecule has 0 amide bonds. The van der Waals surface area contributed by atoms with E-state index in [9.17, 15) is 9.59 Å². The highest BCUT2D eigenvalue weighted by Crippen LogP contribution is 2.20. The number of halogens is 1. The van der Waals surface area contributed by atoms with Gasteiger partial charge in [0.25, 0.3) is 0 Å². The molecule has 1 heterocycles. The second kappa shape index (κ2) is 8.28. The van der Waals surface area contributed by atoms with Crippen LogP contribution in [0.3, 0.4) is 0 Å². The van der Waals surface area contributed by atoms with Gasteiger partial charge in [0.05, 0.1) is 11.1 Å². The van der Waals surface area contributed by atoms with E-state index in [1.807, 2.05) is 84.2 Å². The van der Waals surface area contributed by atoms with Crippen molar-refractivity contribution >= 4 is 38.3 Å². The molecule has 4 nitrogen and oxygen atoms in total. The molecule has 1 aromatic heterocycles. The van der Waals surface area contributed by atoms with Gasteiger partial charge in [-0.3, -0.25) is 9.59 Å². The van der Waals surface area contributed by atoms with Gasteiger partial charge in [0.15, 0.2) is 5.78 Å². The molecule has 0 aliphatic heterocycles. The topological polar surface area (TPSA) is 42.3 Å². The second-order valence-corrected chi connectivity index (χ2v) is 8.34. The predicted octanol–water partition coefficient (Wildman–Crippen LogP) is 5.11. The molecule has 150 valence electrons. The van der Waals surface area contributed by atoms with Crippen molar-refractivity contribution in [3.63, 3.8) is 0 Å². The molecule has 0 saturated carbocycles. The summed E-state index contributed by atoms with van der Waals surface area (Å²) in [6.07, 6.45) is 1.69. The molecule has 0 radical (unpaired) electrons. The molecule has 0 unspecified atom stereocenters. The van der Waals surface area contributed by atoms with Gasteiger partial charge in [0.2, 0.25) is 5.43 Å². The Bertz CT molecular complexity index is 1310. The summed E-state index contributed by atoms with van der Waals surface area (Å²) < 4.78 is 2.96. The largest absolute Gasteiger partial charge is 0.378 e. The van der Waals surface area contributed by atoms with Crippen LogP contribution >= 0.6 is 15.9 Å². The molecule has 0 bridgehead atoms. The van der Waals surface area contributed by atoms with Crippen molar-refractivity contribution in [2.24, 2.45) is 0 Å². The van der Waals surface area contributed by atoms with Crippen molar-refractivity contribution < 1.29 is 4.79 Å². The van der Waals surface area contributed by atoms with Gasteiger partial charge >= 0.3 is 0 Å². The normalized spacial score (nSPS) is 10.9. The van der Waals surface area contributed by atoms with Crippen LogP contribution in [-0.4, -0.2) is 24.4 Å². The molecule has 4 rings (SSSR count). The Morgan fingerprint density at radius 2 is 1.73 bits per heavy atom. The van der Waals surface area contributed by atoms with Crippen molar-refractivity contribution in [1.29, 1.82) is 0 Å². The number of carbonyl (C=O) groups is 1. The monoisotopic (exact) mass is 460 g/mol. The summed E-state index contributed by atoms with van der Waals surface area (Å²) in [5.41, 5.74) is 3.24. The van der Waals surface area contributed by atoms with Gasteiger partial charge in [-0.05, 0) is 42.0 Å². The summed E-state index contributed by atoms with van der Waals surface area (Å²) in [6.45, 7) is 0.554. The minimum Gasteiger partial charge on any atom is -0.378 e. The summed E-state index contributed by atoms with van der Waals surface area (Å²) >= 11 is 3.51. The lowest BCUT2D eigenvalue weighted by atomic mass is 10.0. The molecule has 0 fully saturated rings. The van der Waals surface area contributed by atoms with E-state index < -0.39 is 0 Å². The molecule has 0 aliphatic carbocycles. The van der Waals surface area contributed by atoms with E-state index in [1.165, 1.54) is 0 Å². The summed E-state index contributed by atoms with van der Waals surface area (Å²) in [5.74, 6) is -0.266. The zero-order valence-corrected chi connectivity index (χ0v) is 18.4. The fourth-order valence-corrected chi connectivity index (χ4v) is 4.00. The van der Waals surface area contributed by atoms with Gasteiger partial charge in [-0.2, -0.15) is 0 Å². The van der Waals surface area contributed by atoms with E-state index in [0.29, 0.717) is 17.5 Å². The first-order chi connectivity index (χ1) is 14.4. The maximum absolute atomic E-state index is 13.3. The summed E-state index contributed by atoms with van der Waals surface area (Å²) in [6, 6.07) is 22.8. The Labute approximate surface area is 183 Å². The van der Waals surface area contributed by atoms with Crippen LogP contribution in [0.4, 0.5) is 5.69 Å². The van der Waals surface area contributed by atoms with Crippen LogP contribution in [0.2, 0.25) is 0 Å². The van der Waals surface area contributed by atoms with Crippen LogP contribution in [0.15, 0.2) is 88.3 Å². The number of fused-ring (bicyclic) bond motifs is 1. The Hall–Kier alpha value is -3.18. The quantitative estimate of drug-likeness (QED) is 0.388. The minimum atomic E-state index is -0.266. The molecule has 0 N–H and O–H groups in total. The smallest absolute Gasteiger partial charge is 0.200 e. The fraction of sp³-hybridized carbons (Fsp3) is 0.120. The first-order valence-electron chi connectivity index (χ1n) is 9.63. The summed E-state index contributed by atoms with van der Waals surface area (Å²) in [7, 11) is 3.84. The zero-order valence-electron chi connectivity index (χ0n) is 16.8. The number of ketones is 1. The van der Waals surface area contributed by atoms with Gasteiger partial charge < -0.3 is 9.47 Å². The lowest BCUT2D eigenvalue weighted by Gasteiger charge is -2.15. The number of benzene rings is 3. The first kappa shape index (κ1) is 20.1. The van der Waals surface area contributed by atoms with E-state index in [1.54, 1.807) is 18.3 Å². The van der Waals surface area contributed by atoms with Crippen LogP contribution < -0.4 is 10.3 Å². The molecule has 3 aromatic carbocycles. The number of hydrogen-bond acceptors (Lipinski definition) is 3. The van der Waals surface area contributed by atoms with Crippen LogP contribution in [-0.2, 0) is 6.54 Å². The van der Waals surface area contributed by atoms with Crippen molar-refractivity contribution in [3.05, 3.63) is 110 Å². The number of carbonyl (C=O) groups excluding carboxylic acids is 1. The lowest BCUT2D eigenvalue weighted by molar-refractivity contribution is 0.103. The average Bonchev–Trinajstić information content (AvgIpc) is 2.75. The van der Waals surface area contributed by atoms with Gasteiger partial charge in [-0.1, -0.05) is 52.3 Å². The Balaban J connectivity index is 1.86. The van der Waals surface area contributed by atoms with Crippen molar-refractivity contribution in [1.82, 2.24) is 4.57 Å². The van der Waals surface area contributed by atoms with Crippen LogP contribution in [0, 0.1) is 0 Å². The molecule has 0 aliphatic rings. The van der Waals surface area contributed by atoms with E-state index in [4.69, 9.17) is 0 Å². The summed E-state index contributed by atoms with van der Waals surface area (Å²) in [5, 5.41) is 0.544. The molecule has 0 saturated heterocycles. The number of para-hydroxylation sites is 1. The van der Waals surface area contributed by atoms with Gasteiger partial charge in [-0.15, -0.1) is 0 Å². The number of hydrogen-bond donors (Lipinski definition) is 0. The maximum Gasteiger partial charge on any atom is 0.200 e. The van der Waals surface area contributed by atoms with Crippen LogP contribution in [0.25, 0.3) is 10.9 Å². The van der Waals surface area contributed by atoms with Gasteiger partial charge in [-0.25, -0.2) is 0 Å². The van der Waals surface area contributed by atoms with E-state index in [2.05, 4.69) is 15.9 Å². The van der Waals surface area contributed by atoms with Crippen molar-refractivity contribution in [3.8, 4) is 0 Å². The van der Waals surface area contributed by atoms with Crippen LogP contribution in [0.1, 0.15) is 21.5 Å². The van der Waals surface area contributed by atoms with Crippen LogP contribution in [0.5, 0.6) is 0 Å². The number of anilines is 1. The van der Waals surface area contributed by atoms with E-state index in [0.717, 1.165) is 21.2 Å². The third kappa shape index (κ3) is 3.94. The Kier molecular flexibility index (Phi) is 5.55. The van der Waals surface area contributed by atoms with Gasteiger partial charge in [0, 0.05) is 47.9 Å². The van der Waals surface area contributed by atoms with E-state index >= 15 is 0 Å². The summed E-state index contributed by atoms with van der Waals surface area (Å²) in [4.78, 5) is 28.4. The third-order valence-corrected chi connectivity index (χ3v) is 5.59. The maximum atomic E-state index is 13.3. The molecule has 0 atom stereocenters. The SMILES string of the molecule is CN(C)c1cccc(C(=O)c2cn(Cc3cccc(Br)c3)c3ccccc3c2=O)c1. The van der Waals surface area contributed by atoms with Crippen molar-refractivity contribution in [2.75, 3.05) is 19.0 Å². The molecular formula is C25H21BrN2O2. The molecule has 30 heavy (non-hydrogen) atoms. The number of aromatic nitrogens is 1. The highest BCUT2D eigenvalue weighted by molar-refractivity contribution is 9.10. The minimum absolute atomic E-state index is 0.180. The highest BCUT2D eigenvalue weighted by atomic mass is 79.9. The number of rotatable bonds is 5. The van der Waals surface area contributed by atoms with Gasteiger partial charge in [0.1, 0.15) is 0 Å². The van der Waals surface area contributed by atoms with E-state index in [-0.39, 0.29) is 16.8 Å². The Morgan fingerprint density at radius 1 is 0.967 bits per heavy atom. The number of nitrogens with zero attached hydrogens (tertiary/aromatic N) is 2. The molecule has 4 aromatic rings. The predicted molar refractivity (Wildman–Crippen MR) is 126 cm³/mol. The highest BCUT2D eigenvalue weighted by Gasteiger charge is 2.18. The average molecular weight is 461 g/mol.